The van der Waals surface area contributed by atoms with Gasteiger partial charge in [0.1, 0.15) is 0 Å². The van der Waals surface area contributed by atoms with Crippen LogP contribution in [0.4, 0.5) is 0 Å². The van der Waals surface area contributed by atoms with Crippen LogP contribution < -0.4 is 0 Å². The Bertz CT molecular complexity index is 531. The molecular weight excluding hydrogens is 296 g/mol. The molecule has 1 aromatic rings. The summed E-state index contributed by atoms with van der Waals surface area (Å²) in [7, 11) is 3.92. The van der Waals surface area contributed by atoms with Gasteiger partial charge in [-0.05, 0) is 29.9 Å². The van der Waals surface area contributed by atoms with Crippen LogP contribution >= 0.6 is 0 Å². The van der Waals surface area contributed by atoms with Gasteiger partial charge in [-0.25, -0.2) is 0 Å². The Labute approximate surface area is 148 Å². The molecule has 3 heteroatoms. The summed E-state index contributed by atoms with van der Waals surface area (Å²) in [6.45, 7) is 14.1. The zero-order valence-corrected chi connectivity index (χ0v) is 16.3. The number of likely N-dealkylation sites (N-methyl/N-ethyl adjacent to an activating group) is 2. The first-order valence-electron chi connectivity index (χ1n) is 8.95. The number of hydrogen-bond acceptors (Lipinski definition) is 2. The molecule has 0 aliphatic rings. The molecule has 1 rings (SSSR count). The zero-order chi connectivity index (χ0) is 18.3. The van der Waals surface area contributed by atoms with Gasteiger partial charge in [-0.1, -0.05) is 58.5 Å². The molecule has 3 nitrogen and oxygen atoms in total. The maximum atomic E-state index is 11.9. The molecule has 24 heavy (non-hydrogen) atoms. The van der Waals surface area contributed by atoms with Gasteiger partial charge in [0.2, 0.25) is 5.91 Å². The minimum atomic E-state index is 0.0531. The number of rotatable bonds is 9. The molecule has 0 aliphatic carbocycles. The van der Waals surface area contributed by atoms with Crippen LogP contribution in [-0.2, 0) is 11.2 Å². The summed E-state index contributed by atoms with van der Waals surface area (Å²) in [5.74, 6) is 0.822. The van der Waals surface area contributed by atoms with E-state index >= 15 is 0 Å². The molecule has 0 saturated carbocycles. The first-order chi connectivity index (χ1) is 11.2. The van der Waals surface area contributed by atoms with Gasteiger partial charge in [-0.15, -0.1) is 0 Å². The second-order valence-electron chi connectivity index (χ2n) is 7.30. The van der Waals surface area contributed by atoms with Crippen molar-refractivity contribution >= 4 is 5.91 Å². The standard InChI is InChI=1S/C21H34N2O/c1-16(2)20-12-10-19(11-13-20)9-8-18(5)22(6)14-15-23(7)21(24)17(3)4/h10-13,16-17H,5,8-9,14-15H2,1-4,6-7H3. The fourth-order valence-electron chi connectivity index (χ4n) is 2.56. The molecule has 0 atom stereocenters. The van der Waals surface area contributed by atoms with Crippen molar-refractivity contribution in [3.8, 4) is 0 Å². The number of benzene rings is 1. The van der Waals surface area contributed by atoms with E-state index in [1.807, 2.05) is 20.9 Å². The van der Waals surface area contributed by atoms with Crippen LogP contribution in [0.2, 0.25) is 0 Å². The summed E-state index contributed by atoms with van der Waals surface area (Å²) in [6, 6.07) is 8.88. The zero-order valence-electron chi connectivity index (χ0n) is 16.3. The lowest BCUT2D eigenvalue weighted by molar-refractivity contribution is -0.133. The van der Waals surface area contributed by atoms with Crippen molar-refractivity contribution in [2.45, 2.75) is 46.5 Å². The highest BCUT2D eigenvalue weighted by molar-refractivity contribution is 5.77. The second kappa shape index (κ2) is 9.51. The number of amides is 1. The molecule has 1 amide bonds. The molecule has 0 unspecified atom stereocenters. The SMILES string of the molecule is C=C(CCc1ccc(C(C)C)cc1)N(C)CCN(C)C(=O)C(C)C. The van der Waals surface area contributed by atoms with E-state index in [0.717, 1.165) is 31.6 Å². The van der Waals surface area contributed by atoms with Crippen molar-refractivity contribution in [3.63, 3.8) is 0 Å². The second-order valence-corrected chi connectivity index (χ2v) is 7.30. The van der Waals surface area contributed by atoms with Crippen LogP contribution in [0.1, 0.15) is 51.2 Å². The smallest absolute Gasteiger partial charge is 0.224 e. The molecule has 134 valence electrons. The van der Waals surface area contributed by atoms with Gasteiger partial charge in [0, 0.05) is 38.8 Å². The first-order valence-corrected chi connectivity index (χ1v) is 8.95. The highest BCUT2D eigenvalue weighted by atomic mass is 16.2. The summed E-state index contributed by atoms with van der Waals surface area (Å²) in [5.41, 5.74) is 3.85. The summed E-state index contributed by atoms with van der Waals surface area (Å²) >= 11 is 0. The molecule has 0 N–H and O–H groups in total. The van der Waals surface area contributed by atoms with Crippen LogP contribution in [-0.4, -0.2) is 42.9 Å². The van der Waals surface area contributed by atoms with Gasteiger partial charge < -0.3 is 9.80 Å². The number of allylic oxidation sites excluding steroid dienone is 1. The molecular formula is C21H34N2O. The normalized spacial score (nSPS) is 11.0. The minimum absolute atomic E-state index is 0.0531. The highest BCUT2D eigenvalue weighted by Gasteiger charge is 2.13. The molecule has 0 heterocycles. The average molecular weight is 331 g/mol. The number of hydrogen-bond donors (Lipinski definition) is 0. The molecule has 0 saturated heterocycles. The van der Waals surface area contributed by atoms with Crippen molar-refractivity contribution in [2.75, 3.05) is 27.2 Å². The molecule has 0 fully saturated rings. The number of carbonyl (C=O) groups is 1. The summed E-state index contributed by atoms with van der Waals surface area (Å²) in [4.78, 5) is 15.9. The van der Waals surface area contributed by atoms with E-state index in [2.05, 4.69) is 56.6 Å². The number of nitrogens with zero attached hydrogens (tertiary/aromatic N) is 2. The summed E-state index contributed by atoms with van der Waals surface area (Å²) in [6.07, 6.45) is 1.95. The van der Waals surface area contributed by atoms with E-state index in [1.54, 1.807) is 4.90 Å². The predicted molar refractivity (Wildman–Crippen MR) is 103 cm³/mol. The monoisotopic (exact) mass is 330 g/mol. The number of carbonyl (C=O) groups excluding carboxylic acids is 1. The molecule has 0 aromatic heterocycles. The summed E-state index contributed by atoms with van der Waals surface area (Å²) < 4.78 is 0. The topological polar surface area (TPSA) is 23.6 Å². The van der Waals surface area contributed by atoms with E-state index in [9.17, 15) is 4.79 Å². The Hall–Kier alpha value is -1.77. The van der Waals surface area contributed by atoms with E-state index in [1.165, 1.54) is 11.1 Å². The van der Waals surface area contributed by atoms with Crippen LogP contribution in [0.3, 0.4) is 0 Å². The Balaban J connectivity index is 2.40. The van der Waals surface area contributed by atoms with Gasteiger partial charge in [0.05, 0.1) is 0 Å². The quantitative estimate of drug-likeness (QED) is 0.674. The minimum Gasteiger partial charge on any atom is -0.377 e. The molecule has 1 aromatic carbocycles. The third kappa shape index (κ3) is 6.38. The number of aryl methyl sites for hydroxylation is 1. The fourth-order valence-corrected chi connectivity index (χ4v) is 2.56. The summed E-state index contributed by atoms with van der Waals surface area (Å²) in [5, 5.41) is 0. The Morgan fingerprint density at radius 1 is 1.00 bits per heavy atom. The van der Waals surface area contributed by atoms with Gasteiger partial charge in [0.15, 0.2) is 0 Å². The van der Waals surface area contributed by atoms with E-state index < -0.39 is 0 Å². The maximum Gasteiger partial charge on any atom is 0.224 e. The van der Waals surface area contributed by atoms with Crippen molar-refractivity contribution in [3.05, 3.63) is 47.7 Å². The maximum absolute atomic E-state index is 11.9. The van der Waals surface area contributed by atoms with Crippen molar-refractivity contribution in [1.82, 2.24) is 9.80 Å². The van der Waals surface area contributed by atoms with Crippen molar-refractivity contribution in [2.24, 2.45) is 5.92 Å². The van der Waals surface area contributed by atoms with Gasteiger partial charge in [-0.2, -0.15) is 0 Å². The van der Waals surface area contributed by atoms with E-state index in [-0.39, 0.29) is 11.8 Å². The Morgan fingerprint density at radius 2 is 1.54 bits per heavy atom. The average Bonchev–Trinajstić information content (AvgIpc) is 2.56. The highest BCUT2D eigenvalue weighted by Crippen LogP contribution is 2.17. The molecule has 0 bridgehead atoms. The lowest BCUT2D eigenvalue weighted by Crippen LogP contribution is -2.36. The van der Waals surface area contributed by atoms with Crippen LogP contribution in [0.5, 0.6) is 0 Å². The predicted octanol–water partition coefficient (Wildman–Crippen LogP) is 4.30. The molecule has 0 spiro atoms. The van der Waals surface area contributed by atoms with Crippen molar-refractivity contribution < 1.29 is 4.79 Å². The van der Waals surface area contributed by atoms with E-state index in [4.69, 9.17) is 0 Å². The largest absolute Gasteiger partial charge is 0.377 e. The molecule has 0 radical (unpaired) electrons. The van der Waals surface area contributed by atoms with Gasteiger partial charge in [0.25, 0.3) is 0 Å². The van der Waals surface area contributed by atoms with E-state index in [0.29, 0.717) is 5.92 Å². The van der Waals surface area contributed by atoms with Gasteiger partial charge >= 0.3 is 0 Å². The Morgan fingerprint density at radius 3 is 2.04 bits per heavy atom. The lowest BCUT2D eigenvalue weighted by atomic mass is 10.00. The lowest BCUT2D eigenvalue weighted by Gasteiger charge is -2.26. The fraction of sp³-hybridized carbons (Fsp3) is 0.571. The van der Waals surface area contributed by atoms with Gasteiger partial charge in [-0.3, -0.25) is 4.79 Å². The van der Waals surface area contributed by atoms with Crippen LogP contribution in [0.15, 0.2) is 36.5 Å². The van der Waals surface area contributed by atoms with Crippen molar-refractivity contribution in [1.29, 1.82) is 0 Å². The third-order valence-electron chi connectivity index (χ3n) is 4.53. The first kappa shape index (κ1) is 20.3. The van der Waals surface area contributed by atoms with Crippen LogP contribution in [0, 0.1) is 5.92 Å². The molecule has 0 aliphatic heterocycles. The van der Waals surface area contributed by atoms with Crippen LogP contribution in [0.25, 0.3) is 0 Å². The third-order valence-corrected chi connectivity index (χ3v) is 4.53. The Kier molecular flexibility index (Phi) is 8.03.